The van der Waals surface area contributed by atoms with Crippen molar-refractivity contribution < 1.29 is 0 Å². The monoisotopic (exact) mass is 257 g/mol. The molecule has 1 aromatic heterocycles. The molecule has 2 aliphatic rings. The molecule has 4 heteroatoms. The van der Waals surface area contributed by atoms with Crippen molar-refractivity contribution in [2.75, 3.05) is 13.1 Å². The summed E-state index contributed by atoms with van der Waals surface area (Å²) in [5.41, 5.74) is 3.53. The van der Waals surface area contributed by atoms with Gasteiger partial charge in [0.15, 0.2) is 0 Å². The van der Waals surface area contributed by atoms with E-state index in [4.69, 9.17) is 0 Å². The number of piperidine rings is 1. The van der Waals surface area contributed by atoms with Crippen molar-refractivity contribution in [1.29, 1.82) is 0 Å². The molecular weight excluding hydrogens is 238 g/mol. The molecule has 0 spiro atoms. The number of aromatic nitrogens is 2. The maximum atomic E-state index is 12.0. The van der Waals surface area contributed by atoms with Gasteiger partial charge in [0, 0.05) is 6.04 Å². The van der Waals surface area contributed by atoms with E-state index < -0.39 is 0 Å². The van der Waals surface area contributed by atoms with Crippen molar-refractivity contribution in [1.82, 2.24) is 14.9 Å². The van der Waals surface area contributed by atoms with Crippen LogP contribution < -0.4 is 11.0 Å². The first-order valence-corrected chi connectivity index (χ1v) is 7.28. The zero-order valence-corrected chi connectivity index (χ0v) is 11.0. The zero-order valence-electron chi connectivity index (χ0n) is 11.0. The second-order valence-corrected chi connectivity index (χ2v) is 5.83. The number of benzene rings is 1. The Morgan fingerprint density at radius 2 is 1.89 bits per heavy atom. The minimum atomic E-state index is 0.0555. The van der Waals surface area contributed by atoms with E-state index in [2.05, 4.69) is 28.5 Å². The van der Waals surface area contributed by atoms with Crippen molar-refractivity contribution in [3.63, 3.8) is 0 Å². The van der Waals surface area contributed by atoms with E-state index in [1.807, 2.05) is 4.57 Å². The Kier molecular flexibility index (Phi) is 2.52. The molecular formula is C15H19N3O. The Labute approximate surface area is 111 Å². The fourth-order valence-electron chi connectivity index (χ4n) is 3.24. The van der Waals surface area contributed by atoms with Gasteiger partial charge >= 0.3 is 5.69 Å². The Hall–Kier alpha value is -1.55. The van der Waals surface area contributed by atoms with E-state index in [1.54, 1.807) is 0 Å². The number of nitrogens with one attached hydrogen (secondary N) is 2. The van der Waals surface area contributed by atoms with Gasteiger partial charge in [-0.2, -0.15) is 0 Å². The van der Waals surface area contributed by atoms with Gasteiger partial charge in [-0.25, -0.2) is 4.79 Å². The highest BCUT2D eigenvalue weighted by atomic mass is 16.1. The minimum Gasteiger partial charge on any atom is -0.317 e. The number of aromatic amines is 1. The van der Waals surface area contributed by atoms with Crippen LogP contribution in [0.1, 0.15) is 43.2 Å². The highest BCUT2D eigenvalue weighted by Gasteiger charge is 2.27. The summed E-state index contributed by atoms with van der Waals surface area (Å²) in [6.45, 7) is 2.20. The largest absolute Gasteiger partial charge is 0.326 e. The van der Waals surface area contributed by atoms with Gasteiger partial charge < -0.3 is 10.3 Å². The number of nitrogens with zero attached hydrogens (tertiary/aromatic N) is 1. The summed E-state index contributed by atoms with van der Waals surface area (Å²) in [6, 6.07) is 6.93. The number of rotatable bonds is 2. The van der Waals surface area contributed by atoms with E-state index in [9.17, 15) is 4.79 Å². The predicted octanol–water partition coefficient (Wildman–Crippen LogP) is 2.13. The third kappa shape index (κ3) is 1.91. The van der Waals surface area contributed by atoms with Crippen molar-refractivity contribution in [3.8, 4) is 0 Å². The minimum absolute atomic E-state index is 0.0555. The molecule has 2 N–H and O–H groups in total. The Balaban J connectivity index is 1.80. The lowest BCUT2D eigenvalue weighted by molar-refractivity contribution is 0.460. The molecule has 0 radical (unpaired) electrons. The first-order chi connectivity index (χ1) is 9.33. The maximum absolute atomic E-state index is 12.0. The average Bonchev–Trinajstić information content (AvgIpc) is 3.22. The van der Waals surface area contributed by atoms with Crippen LogP contribution in [-0.4, -0.2) is 22.6 Å². The van der Waals surface area contributed by atoms with Gasteiger partial charge in [-0.3, -0.25) is 4.57 Å². The molecule has 4 rings (SSSR count). The number of hydrogen-bond acceptors (Lipinski definition) is 2. The molecule has 0 bridgehead atoms. The van der Waals surface area contributed by atoms with Gasteiger partial charge in [0.1, 0.15) is 0 Å². The number of hydrogen-bond donors (Lipinski definition) is 2. The summed E-state index contributed by atoms with van der Waals surface area (Å²) < 4.78 is 1.96. The quantitative estimate of drug-likeness (QED) is 0.866. The molecule has 0 atom stereocenters. The molecule has 4 nitrogen and oxygen atoms in total. The number of H-pyrrole nitrogens is 1. The topological polar surface area (TPSA) is 49.8 Å². The molecule has 100 valence electrons. The summed E-state index contributed by atoms with van der Waals surface area (Å²) in [7, 11) is 0. The van der Waals surface area contributed by atoms with Gasteiger partial charge in [0.05, 0.1) is 11.0 Å². The van der Waals surface area contributed by atoms with Gasteiger partial charge in [-0.15, -0.1) is 0 Å². The summed E-state index contributed by atoms with van der Waals surface area (Å²) in [6.07, 6.45) is 4.68. The third-order valence-electron chi connectivity index (χ3n) is 4.46. The third-order valence-corrected chi connectivity index (χ3v) is 4.46. The van der Waals surface area contributed by atoms with E-state index in [1.165, 1.54) is 18.4 Å². The molecule has 1 aliphatic heterocycles. The fourth-order valence-corrected chi connectivity index (χ4v) is 3.24. The Morgan fingerprint density at radius 1 is 1.11 bits per heavy atom. The van der Waals surface area contributed by atoms with Crippen LogP contribution in [0.4, 0.5) is 0 Å². The lowest BCUT2D eigenvalue weighted by Crippen LogP contribution is -2.26. The van der Waals surface area contributed by atoms with E-state index in [0.29, 0.717) is 12.0 Å². The predicted molar refractivity (Wildman–Crippen MR) is 75.7 cm³/mol. The molecule has 0 amide bonds. The van der Waals surface area contributed by atoms with Crippen LogP contribution >= 0.6 is 0 Å². The molecule has 1 saturated heterocycles. The Morgan fingerprint density at radius 3 is 2.63 bits per heavy atom. The number of fused-ring (bicyclic) bond motifs is 1. The standard InChI is InChI=1S/C15H19N3O/c19-15-17-13-4-1-11(10-5-7-16-8-6-10)9-14(13)18(15)12-2-3-12/h1,4,9-10,12,16H,2-3,5-8H2,(H,17,19). The number of imidazole rings is 1. The van der Waals surface area contributed by atoms with Crippen LogP contribution in [0.3, 0.4) is 0 Å². The molecule has 1 aromatic carbocycles. The second-order valence-electron chi connectivity index (χ2n) is 5.83. The van der Waals surface area contributed by atoms with Gasteiger partial charge in [-0.05, 0) is 62.4 Å². The van der Waals surface area contributed by atoms with Crippen LogP contribution in [0, 0.1) is 0 Å². The molecule has 19 heavy (non-hydrogen) atoms. The van der Waals surface area contributed by atoms with E-state index in [-0.39, 0.29) is 5.69 Å². The first-order valence-electron chi connectivity index (χ1n) is 7.28. The molecule has 2 heterocycles. The Bertz CT molecular complexity index is 660. The van der Waals surface area contributed by atoms with E-state index in [0.717, 1.165) is 37.0 Å². The fraction of sp³-hybridized carbons (Fsp3) is 0.533. The smallest absolute Gasteiger partial charge is 0.317 e. The van der Waals surface area contributed by atoms with Crippen LogP contribution in [0.15, 0.2) is 23.0 Å². The molecule has 2 fully saturated rings. The molecule has 2 aromatic rings. The molecule has 1 saturated carbocycles. The first kappa shape index (κ1) is 11.3. The van der Waals surface area contributed by atoms with Crippen LogP contribution in [-0.2, 0) is 0 Å². The SMILES string of the molecule is O=c1[nH]c2ccc(C3CCNCC3)cc2n1C1CC1. The summed E-state index contributed by atoms with van der Waals surface area (Å²) in [5.74, 6) is 0.642. The molecule has 0 unspecified atom stereocenters. The maximum Gasteiger partial charge on any atom is 0.326 e. The average molecular weight is 257 g/mol. The lowest BCUT2D eigenvalue weighted by atomic mass is 9.90. The molecule has 1 aliphatic carbocycles. The van der Waals surface area contributed by atoms with Crippen molar-refractivity contribution in [2.45, 2.75) is 37.6 Å². The van der Waals surface area contributed by atoms with Gasteiger partial charge in [0.25, 0.3) is 0 Å². The van der Waals surface area contributed by atoms with Gasteiger partial charge in [-0.1, -0.05) is 6.07 Å². The van der Waals surface area contributed by atoms with Crippen LogP contribution in [0.25, 0.3) is 11.0 Å². The normalized spacial score (nSPS) is 21.1. The van der Waals surface area contributed by atoms with Crippen molar-refractivity contribution in [2.24, 2.45) is 0 Å². The summed E-state index contributed by atoms with van der Waals surface area (Å²) in [5, 5.41) is 3.40. The van der Waals surface area contributed by atoms with Crippen LogP contribution in [0.5, 0.6) is 0 Å². The van der Waals surface area contributed by atoms with E-state index >= 15 is 0 Å². The van der Waals surface area contributed by atoms with Crippen molar-refractivity contribution in [3.05, 3.63) is 34.2 Å². The van der Waals surface area contributed by atoms with Gasteiger partial charge in [0.2, 0.25) is 0 Å². The van der Waals surface area contributed by atoms with Crippen LogP contribution in [0.2, 0.25) is 0 Å². The lowest BCUT2D eigenvalue weighted by Gasteiger charge is -2.23. The highest BCUT2D eigenvalue weighted by molar-refractivity contribution is 5.76. The zero-order chi connectivity index (χ0) is 12.8. The second kappa shape index (κ2) is 4.23. The van der Waals surface area contributed by atoms with Crippen molar-refractivity contribution >= 4 is 11.0 Å². The summed E-state index contributed by atoms with van der Waals surface area (Å²) >= 11 is 0. The highest BCUT2D eigenvalue weighted by Crippen LogP contribution is 2.36. The summed E-state index contributed by atoms with van der Waals surface area (Å²) in [4.78, 5) is 15.0.